The summed E-state index contributed by atoms with van der Waals surface area (Å²) >= 11 is 0. The van der Waals surface area contributed by atoms with E-state index in [0.29, 0.717) is 24.3 Å². The van der Waals surface area contributed by atoms with Gasteiger partial charge in [0.25, 0.3) is 0 Å². The zero-order valence-electron chi connectivity index (χ0n) is 12.0. The van der Waals surface area contributed by atoms with Gasteiger partial charge < -0.3 is 18.5 Å². The molecule has 0 atom stereocenters. The van der Waals surface area contributed by atoms with E-state index in [0.717, 1.165) is 12.8 Å². The monoisotopic (exact) mass is 280 g/mol. The summed E-state index contributed by atoms with van der Waals surface area (Å²) in [4.78, 5) is 0. The molecule has 0 aromatic rings. The standard InChI is InChI=1S/C12H25O5P/c1-6-8-16-18(13,17-9-7-2)12(10-14-4)11(3)15-5/h6-10H2,1-5H3/b12-11+. The van der Waals surface area contributed by atoms with Gasteiger partial charge in [-0.25, -0.2) is 0 Å². The normalized spacial score (nSPS) is 13.4. The lowest BCUT2D eigenvalue weighted by atomic mass is 10.5. The van der Waals surface area contributed by atoms with Crippen LogP contribution < -0.4 is 0 Å². The number of methoxy groups -OCH3 is 2. The van der Waals surface area contributed by atoms with Crippen molar-refractivity contribution in [1.82, 2.24) is 0 Å². The number of hydrogen-bond acceptors (Lipinski definition) is 5. The third kappa shape index (κ3) is 5.53. The van der Waals surface area contributed by atoms with Gasteiger partial charge in [0.1, 0.15) is 11.1 Å². The molecule has 0 N–H and O–H groups in total. The maximum atomic E-state index is 12.8. The van der Waals surface area contributed by atoms with Crippen LogP contribution in [0.5, 0.6) is 0 Å². The fourth-order valence-corrected chi connectivity index (χ4v) is 3.24. The van der Waals surface area contributed by atoms with Crippen LogP contribution in [0, 0.1) is 0 Å². The molecule has 0 aromatic carbocycles. The second kappa shape index (κ2) is 9.56. The Labute approximate surface area is 110 Å². The van der Waals surface area contributed by atoms with Gasteiger partial charge >= 0.3 is 7.60 Å². The Morgan fingerprint density at radius 2 is 1.56 bits per heavy atom. The molecule has 0 unspecified atom stereocenters. The lowest BCUT2D eigenvalue weighted by molar-refractivity contribution is 0.186. The van der Waals surface area contributed by atoms with Crippen molar-refractivity contribution in [2.45, 2.75) is 33.6 Å². The number of rotatable bonds is 10. The lowest BCUT2D eigenvalue weighted by Crippen LogP contribution is -2.07. The molecule has 0 saturated carbocycles. The van der Waals surface area contributed by atoms with Crippen molar-refractivity contribution in [3.63, 3.8) is 0 Å². The van der Waals surface area contributed by atoms with E-state index in [1.54, 1.807) is 6.92 Å². The first-order chi connectivity index (χ1) is 8.55. The van der Waals surface area contributed by atoms with E-state index >= 15 is 0 Å². The maximum Gasteiger partial charge on any atom is 0.363 e. The minimum Gasteiger partial charge on any atom is -0.501 e. The van der Waals surface area contributed by atoms with Gasteiger partial charge in [0, 0.05) is 7.11 Å². The van der Waals surface area contributed by atoms with E-state index in [-0.39, 0.29) is 6.61 Å². The quantitative estimate of drug-likeness (QED) is 0.452. The summed E-state index contributed by atoms with van der Waals surface area (Å²) in [6.45, 7) is 6.56. The third-order valence-electron chi connectivity index (χ3n) is 2.25. The van der Waals surface area contributed by atoms with Gasteiger partial charge in [-0.1, -0.05) is 13.8 Å². The van der Waals surface area contributed by atoms with Crippen LogP contribution in [-0.2, 0) is 23.1 Å². The van der Waals surface area contributed by atoms with Crippen LogP contribution in [0.3, 0.4) is 0 Å². The number of hydrogen-bond donors (Lipinski definition) is 0. The van der Waals surface area contributed by atoms with Gasteiger partial charge in [-0.3, -0.25) is 4.57 Å². The van der Waals surface area contributed by atoms with E-state index < -0.39 is 7.60 Å². The smallest absolute Gasteiger partial charge is 0.363 e. The Morgan fingerprint density at radius 1 is 1.06 bits per heavy atom. The summed E-state index contributed by atoms with van der Waals surface area (Å²) < 4.78 is 33.8. The molecule has 0 spiro atoms. The predicted octanol–water partition coefficient (Wildman–Crippen LogP) is 3.56. The van der Waals surface area contributed by atoms with Crippen LogP contribution in [-0.4, -0.2) is 34.0 Å². The molecule has 0 amide bonds. The zero-order chi connectivity index (χ0) is 14.0. The molecule has 0 bridgehead atoms. The van der Waals surface area contributed by atoms with Gasteiger partial charge in [-0.15, -0.1) is 0 Å². The molecule has 0 heterocycles. The minimum atomic E-state index is -3.32. The van der Waals surface area contributed by atoms with Gasteiger partial charge in [-0.05, 0) is 19.8 Å². The fourth-order valence-electron chi connectivity index (χ4n) is 1.24. The molecular weight excluding hydrogens is 255 g/mol. The topological polar surface area (TPSA) is 54.0 Å². The van der Waals surface area contributed by atoms with Crippen molar-refractivity contribution < 1.29 is 23.1 Å². The van der Waals surface area contributed by atoms with E-state index in [1.165, 1.54) is 14.2 Å². The first kappa shape index (κ1) is 17.6. The average Bonchev–Trinajstić information content (AvgIpc) is 2.39. The van der Waals surface area contributed by atoms with Crippen LogP contribution in [0.25, 0.3) is 0 Å². The summed E-state index contributed by atoms with van der Waals surface area (Å²) in [6.07, 6.45) is 1.54. The van der Waals surface area contributed by atoms with Crippen molar-refractivity contribution in [2.24, 2.45) is 0 Å². The Bertz CT molecular complexity index is 289. The highest BCUT2D eigenvalue weighted by molar-refractivity contribution is 7.58. The van der Waals surface area contributed by atoms with Crippen LogP contribution in [0.1, 0.15) is 33.6 Å². The fraction of sp³-hybridized carbons (Fsp3) is 0.833. The molecule has 0 rings (SSSR count). The Hall–Kier alpha value is -0.350. The predicted molar refractivity (Wildman–Crippen MR) is 71.7 cm³/mol. The molecule has 0 aliphatic rings. The van der Waals surface area contributed by atoms with Gasteiger partial charge in [0.2, 0.25) is 0 Å². The molecule has 0 aliphatic carbocycles. The zero-order valence-corrected chi connectivity index (χ0v) is 12.9. The molecule has 108 valence electrons. The van der Waals surface area contributed by atoms with Crippen LogP contribution in [0.4, 0.5) is 0 Å². The largest absolute Gasteiger partial charge is 0.501 e. The Kier molecular flexibility index (Phi) is 9.38. The second-order valence-corrected chi connectivity index (χ2v) is 5.86. The highest BCUT2D eigenvalue weighted by Crippen LogP contribution is 2.57. The van der Waals surface area contributed by atoms with E-state index in [1.807, 2.05) is 13.8 Å². The summed E-state index contributed by atoms with van der Waals surface area (Å²) in [6, 6.07) is 0. The molecule has 0 aromatic heterocycles. The Morgan fingerprint density at radius 3 is 1.89 bits per heavy atom. The Balaban J connectivity index is 5.15. The third-order valence-corrected chi connectivity index (χ3v) is 4.41. The summed E-state index contributed by atoms with van der Waals surface area (Å²) in [5.74, 6) is 0.521. The van der Waals surface area contributed by atoms with Crippen molar-refractivity contribution in [1.29, 1.82) is 0 Å². The molecule has 0 fully saturated rings. The van der Waals surface area contributed by atoms with Crippen molar-refractivity contribution in [3.05, 3.63) is 11.1 Å². The lowest BCUT2D eigenvalue weighted by Gasteiger charge is -2.22. The van der Waals surface area contributed by atoms with Crippen LogP contribution >= 0.6 is 7.60 Å². The molecule has 0 radical (unpaired) electrons. The van der Waals surface area contributed by atoms with Crippen LogP contribution in [0.2, 0.25) is 0 Å². The first-order valence-corrected chi connectivity index (χ1v) is 7.72. The number of allylic oxidation sites excluding steroid dienone is 1. The molecule has 6 heteroatoms. The molecule has 5 nitrogen and oxygen atoms in total. The van der Waals surface area contributed by atoms with E-state index in [2.05, 4.69) is 0 Å². The maximum absolute atomic E-state index is 12.8. The van der Waals surface area contributed by atoms with Gasteiger partial charge in [0.05, 0.1) is 26.9 Å². The highest BCUT2D eigenvalue weighted by Gasteiger charge is 2.32. The van der Waals surface area contributed by atoms with Crippen molar-refractivity contribution in [2.75, 3.05) is 34.0 Å². The van der Waals surface area contributed by atoms with E-state index in [9.17, 15) is 4.57 Å². The SMILES string of the molecule is CCCOP(=O)(OCCC)/C(COC)=C(\C)OC. The summed E-state index contributed by atoms with van der Waals surface area (Å²) in [5, 5.41) is 0.453. The highest BCUT2D eigenvalue weighted by atomic mass is 31.2. The second-order valence-electron chi connectivity index (χ2n) is 3.80. The van der Waals surface area contributed by atoms with Gasteiger partial charge in [0.15, 0.2) is 0 Å². The first-order valence-electron chi connectivity index (χ1n) is 6.18. The van der Waals surface area contributed by atoms with Crippen molar-refractivity contribution in [3.8, 4) is 0 Å². The minimum absolute atomic E-state index is 0.171. The molecular formula is C12H25O5P. The van der Waals surface area contributed by atoms with Crippen LogP contribution in [0.15, 0.2) is 11.1 Å². The van der Waals surface area contributed by atoms with E-state index in [4.69, 9.17) is 18.5 Å². The molecule has 0 aliphatic heterocycles. The molecule has 18 heavy (non-hydrogen) atoms. The van der Waals surface area contributed by atoms with Gasteiger partial charge in [-0.2, -0.15) is 0 Å². The summed E-state index contributed by atoms with van der Waals surface area (Å²) in [7, 11) is -0.265. The van der Waals surface area contributed by atoms with Crippen molar-refractivity contribution >= 4 is 7.60 Å². The molecule has 0 saturated heterocycles. The number of ether oxygens (including phenoxy) is 2. The average molecular weight is 280 g/mol. The summed E-state index contributed by atoms with van der Waals surface area (Å²) in [5.41, 5.74) is 0.